The average molecular weight is 379 g/mol. The molecule has 1 fully saturated rings. The molecule has 1 aromatic heterocycles. The molecule has 0 bridgehead atoms. The van der Waals surface area contributed by atoms with Gasteiger partial charge in [0.05, 0.1) is 0 Å². The Morgan fingerprint density at radius 1 is 1.04 bits per heavy atom. The zero-order valence-corrected chi connectivity index (χ0v) is 14.6. The molecule has 5 nitrogen and oxygen atoms in total. The van der Waals surface area contributed by atoms with Crippen LogP contribution in [0.3, 0.4) is 0 Å². The van der Waals surface area contributed by atoms with E-state index in [0.29, 0.717) is 24.9 Å². The number of hydrogen-bond acceptors (Lipinski definition) is 2. The SMILES string of the molecule is O=C(NCC1CCN(C(=O)C(F)(F)F)CC1)c1ccc(-n2cccc2)cc1. The number of carbonyl (C=O) groups excluding carboxylic acids is 2. The van der Waals surface area contributed by atoms with Crippen LogP contribution in [0.2, 0.25) is 0 Å². The summed E-state index contributed by atoms with van der Waals surface area (Å²) in [7, 11) is 0. The lowest BCUT2D eigenvalue weighted by atomic mass is 9.96. The molecule has 0 aliphatic carbocycles. The summed E-state index contributed by atoms with van der Waals surface area (Å²) < 4.78 is 39.3. The van der Waals surface area contributed by atoms with Crippen molar-refractivity contribution in [3.8, 4) is 5.69 Å². The van der Waals surface area contributed by atoms with E-state index in [4.69, 9.17) is 0 Å². The third-order valence-electron chi connectivity index (χ3n) is 4.73. The van der Waals surface area contributed by atoms with Crippen molar-refractivity contribution in [2.24, 2.45) is 5.92 Å². The van der Waals surface area contributed by atoms with Crippen LogP contribution >= 0.6 is 0 Å². The summed E-state index contributed by atoms with van der Waals surface area (Å²) in [5.74, 6) is -1.94. The van der Waals surface area contributed by atoms with Gasteiger partial charge >= 0.3 is 12.1 Å². The standard InChI is InChI=1S/C19H20F3N3O2/c20-19(21,22)18(27)25-11-7-14(8-12-25)13-23-17(26)15-3-5-16(6-4-15)24-9-1-2-10-24/h1-6,9-10,14H,7-8,11-13H2,(H,23,26). The fraction of sp³-hybridized carbons (Fsp3) is 0.368. The van der Waals surface area contributed by atoms with E-state index in [0.717, 1.165) is 10.6 Å². The summed E-state index contributed by atoms with van der Waals surface area (Å²) >= 11 is 0. The number of nitrogens with one attached hydrogen (secondary N) is 1. The van der Waals surface area contributed by atoms with Crippen LogP contribution in [0.25, 0.3) is 5.69 Å². The first-order chi connectivity index (χ1) is 12.8. The molecule has 2 heterocycles. The lowest BCUT2D eigenvalue weighted by Gasteiger charge is -2.32. The Balaban J connectivity index is 1.47. The molecule has 2 aromatic rings. The molecule has 0 unspecified atom stereocenters. The van der Waals surface area contributed by atoms with Gasteiger partial charge in [-0.2, -0.15) is 13.2 Å². The van der Waals surface area contributed by atoms with Gasteiger partial charge in [0.2, 0.25) is 0 Å². The first-order valence-corrected chi connectivity index (χ1v) is 8.72. The predicted molar refractivity (Wildman–Crippen MR) is 93.5 cm³/mol. The highest BCUT2D eigenvalue weighted by molar-refractivity contribution is 5.94. The maximum atomic E-state index is 12.4. The highest BCUT2D eigenvalue weighted by Crippen LogP contribution is 2.23. The Hall–Kier alpha value is -2.77. The maximum Gasteiger partial charge on any atom is 0.471 e. The van der Waals surface area contributed by atoms with Crippen LogP contribution in [0, 0.1) is 5.92 Å². The molecule has 2 amide bonds. The van der Waals surface area contributed by atoms with Crippen molar-refractivity contribution in [2.45, 2.75) is 19.0 Å². The Kier molecular flexibility index (Phi) is 5.53. The Morgan fingerprint density at radius 2 is 1.63 bits per heavy atom. The topological polar surface area (TPSA) is 54.3 Å². The Labute approximate surface area is 154 Å². The zero-order chi connectivity index (χ0) is 19.4. The number of nitrogens with zero attached hydrogens (tertiary/aromatic N) is 2. The first-order valence-electron chi connectivity index (χ1n) is 8.72. The second kappa shape index (κ2) is 7.85. The van der Waals surface area contributed by atoms with E-state index in [1.807, 2.05) is 41.2 Å². The molecule has 1 aliphatic rings. The number of piperidine rings is 1. The van der Waals surface area contributed by atoms with Crippen molar-refractivity contribution in [3.63, 3.8) is 0 Å². The molecular weight excluding hydrogens is 359 g/mol. The second-order valence-electron chi connectivity index (χ2n) is 6.58. The second-order valence-corrected chi connectivity index (χ2v) is 6.58. The van der Waals surface area contributed by atoms with Crippen LogP contribution in [0.15, 0.2) is 48.8 Å². The number of benzene rings is 1. The number of carbonyl (C=O) groups is 2. The van der Waals surface area contributed by atoms with Gasteiger partial charge in [0, 0.05) is 43.3 Å². The van der Waals surface area contributed by atoms with Crippen LogP contribution in [0.4, 0.5) is 13.2 Å². The minimum Gasteiger partial charge on any atom is -0.352 e. The van der Waals surface area contributed by atoms with Gasteiger partial charge in [0.15, 0.2) is 0 Å². The molecule has 3 rings (SSSR count). The van der Waals surface area contributed by atoms with Gasteiger partial charge in [0.1, 0.15) is 0 Å². The molecule has 144 valence electrons. The third kappa shape index (κ3) is 4.69. The van der Waals surface area contributed by atoms with Crippen molar-refractivity contribution in [1.82, 2.24) is 14.8 Å². The molecule has 0 spiro atoms. The number of hydrogen-bond donors (Lipinski definition) is 1. The fourth-order valence-electron chi connectivity index (χ4n) is 3.15. The summed E-state index contributed by atoms with van der Waals surface area (Å²) in [5, 5.41) is 2.83. The van der Waals surface area contributed by atoms with Gasteiger partial charge < -0.3 is 14.8 Å². The van der Waals surface area contributed by atoms with Crippen molar-refractivity contribution in [1.29, 1.82) is 0 Å². The van der Waals surface area contributed by atoms with E-state index in [1.165, 1.54) is 0 Å². The summed E-state index contributed by atoms with van der Waals surface area (Å²) in [4.78, 5) is 24.3. The number of likely N-dealkylation sites (tertiary alicyclic amines) is 1. The number of alkyl halides is 3. The maximum absolute atomic E-state index is 12.4. The summed E-state index contributed by atoms with van der Waals surface area (Å²) in [6.45, 7) is 0.501. The van der Waals surface area contributed by atoms with Crippen molar-refractivity contribution in [3.05, 3.63) is 54.4 Å². The number of halogens is 3. The van der Waals surface area contributed by atoms with E-state index in [1.54, 1.807) is 12.1 Å². The van der Waals surface area contributed by atoms with Gasteiger partial charge in [-0.15, -0.1) is 0 Å². The smallest absolute Gasteiger partial charge is 0.352 e. The summed E-state index contributed by atoms with van der Waals surface area (Å²) in [6.07, 6.45) is -0.132. The predicted octanol–water partition coefficient (Wildman–Crippen LogP) is 3.01. The highest BCUT2D eigenvalue weighted by atomic mass is 19.4. The Bertz CT molecular complexity index is 778. The Morgan fingerprint density at radius 3 is 2.19 bits per heavy atom. The molecule has 1 aromatic carbocycles. The molecule has 27 heavy (non-hydrogen) atoms. The van der Waals surface area contributed by atoms with Crippen LogP contribution in [0.5, 0.6) is 0 Å². The van der Waals surface area contributed by atoms with Crippen LogP contribution < -0.4 is 5.32 Å². The number of aromatic nitrogens is 1. The summed E-state index contributed by atoms with van der Waals surface area (Å²) in [5.41, 5.74) is 1.47. The van der Waals surface area contributed by atoms with E-state index in [2.05, 4.69) is 5.32 Å². The minimum absolute atomic E-state index is 0.0600. The highest BCUT2D eigenvalue weighted by Gasteiger charge is 2.43. The monoisotopic (exact) mass is 379 g/mol. The zero-order valence-electron chi connectivity index (χ0n) is 14.6. The fourth-order valence-corrected chi connectivity index (χ4v) is 3.15. The molecule has 8 heteroatoms. The van der Waals surface area contributed by atoms with Gasteiger partial charge in [-0.1, -0.05) is 0 Å². The molecular formula is C19H20F3N3O2. The average Bonchev–Trinajstić information content (AvgIpc) is 3.20. The van der Waals surface area contributed by atoms with Gasteiger partial charge in [-0.05, 0) is 55.2 Å². The molecule has 0 radical (unpaired) electrons. The van der Waals surface area contributed by atoms with Crippen LogP contribution in [-0.4, -0.2) is 47.1 Å². The lowest BCUT2D eigenvalue weighted by Crippen LogP contribution is -2.46. The molecule has 1 aliphatic heterocycles. The molecule has 1 saturated heterocycles. The van der Waals surface area contributed by atoms with E-state index in [9.17, 15) is 22.8 Å². The molecule has 0 atom stereocenters. The third-order valence-corrected chi connectivity index (χ3v) is 4.73. The van der Waals surface area contributed by atoms with Crippen LogP contribution in [0.1, 0.15) is 23.2 Å². The first kappa shape index (κ1) is 19.0. The van der Waals surface area contributed by atoms with E-state index < -0.39 is 12.1 Å². The quantitative estimate of drug-likeness (QED) is 0.888. The lowest BCUT2D eigenvalue weighted by molar-refractivity contribution is -0.186. The number of amides is 2. The normalized spacial score (nSPS) is 15.6. The van der Waals surface area contributed by atoms with E-state index in [-0.39, 0.29) is 24.9 Å². The van der Waals surface area contributed by atoms with Crippen molar-refractivity contribution >= 4 is 11.8 Å². The van der Waals surface area contributed by atoms with E-state index >= 15 is 0 Å². The van der Waals surface area contributed by atoms with Gasteiger partial charge in [-0.3, -0.25) is 9.59 Å². The largest absolute Gasteiger partial charge is 0.471 e. The minimum atomic E-state index is -4.83. The van der Waals surface area contributed by atoms with Gasteiger partial charge in [0.25, 0.3) is 5.91 Å². The van der Waals surface area contributed by atoms with Crippen molar-refractivity contribution in [2.75, 3.05) is 19.6 Å². The number of rotatable bonds is 4. The van der Waals surface area contributed by atoms with Crippen molar-refractivity contribution < 1.29 is 22.8 Å². The molecule has 1 N–H and O–H groups in total. The molecule has 0 saturated carbocycles. The van der Waals surface area contributed by atoms with Gasteiger partial charge in [-0.25, -0.2) is 0 Å². The summed E-state index contributed by atoms with van der Waals surface area (Å²) in [6, 6.07) is 11.0. The van der Waals surface area contributed by atoms with Crippen LogP contribution in [-0.2, 0) is 4.79 Å².